The first kappa shape index (κ1) is 18.7. The van der Waals surface area contributed by atoms with Crippen LogP contribution in [0.25, 0.3) is 0 Å². The molecule has 0 aliphatic heterocycles. The fourth-order valence-electron chi connectivity index (χ4n) is 2.18. The van der Waals surface area contributed by atoms with Crippen molar-refractivity contribution in [2.45, 2.75) is 11.7 Å². The lowest BCUT2D eigenvalue weighted by molar-refractivity contribution is -0.840. The Bertz CT molecular complexity index is 795. The van der Waals surface area contributed by atoms with E-state index in [1.807, 2.05) is 0 Å². The molecule has 25 heavy (non-hydrogen) atoms. The van der Waals surface area contributed by atoms with Gasteiger partial charge in [0.1, 0.15) is 9.85 Å². The van der Waals surface area contributed by atoms with E-state index in [-0.39, 0.29) is 0 Å². The minimum atomic E-state index is -4.65. The maximum atomic E-state index is 11.2. The standard InChI is InChI=1S/C6H3N7O12/c7-1-2(8(14)15)4(10(18)19)6(12(22)23,13(24)25)5(11(20)21)3(1)9(16)17/h4H,7H2. The number of hydrogen-bond acceptors (Lipinski definition) is 13. The molecule has 0 aromatic carbocycles. The van der Waals surface area contributed by atoms with Crippen molar-refractivity contribution in [3.63, 3.8) is 0 Å². The van der Waals surface area contributed by atoms with Crippen molar-refractivity contribution < 1.29 is 29.5 Å². The molecule has 0 spiro atoms. The Morgan fingerprint density at radius 3 is 1.44 bits per heavy atom. The summed E-state index contributed by atoms with van der Waals surface area (Å²) in [6, 6.07) is -3.60. The quantitative estimate of drug-likeness (QED) is 0.306. The third-order valence-corrected chi connectivity index (χ3v) is 3.07. The zero-order chi connectivity index (χ0) is 19.9. The fraction of sp³-hybridized carbons (Fsp3) is 0.333. The highest BCUT2D eigenvalue weighted by molar-refractivity contribution is 5.38. The van der Waals surface area contributed by atoms with E-state index < -0.39 is 64.0 Å². The second-order valence-electron chi connectivity index (χ2n) is 4.20. The molecule has 2 N–H and O–H groups in total. The van der Waals surface area contributed by atoms with E-state index in [1.165, 1.54) is 0 Å². The van der Waals surface area contributed by atoms with Gasteiger partial charge in [0.25, 0.3) is 0 Å². The van der Waals surface area contributed by atoms with Crippen LogP contribution in [0, 0.1) is 60.7 Å². The molecule has 0 heterocycles. The smallest absolute Gasteiger partial charge is 0.387 e. The van der Waals surface area contributed by atoms with Crippen molar-refractivity contribution in [1.29, 1.82) is 0 Å². The zero-order valence-corrected chi connectivity index (χ0v) is 11.2. The van der Waals surface area contributed by atoms with Gasteiger partial charge in [-0.2, -0.15) is 0 Å². The van der Waals surface area contributed by atoms with Crippen molar-refractivity contribution >= 4 is 0 Å². The molecule has 0 amide bonds. The fourth-order valence-corrected chi connectivity index (χ4v) is 2.18. The van der Waals surface area contributed by atoms with Crippen molar-refractivity contribution in [3.8, 4) is 0 Å². The number of rotatable bonds is 6. The molecule has 0 aromatic heterocycles. The highest BCUT2D eigenvalue weighted by atomic mass is 16.7. The topological polar surface area (TPSA) is 285 Å². The van der Waals surface area contributed by atoms with E-state index >= 15 is 0 Å². The average molecular weight is 365 g/mol. The summed E-state index contributed by atoms with van der Waals surface area (Å²) >= 11 is 0. The lowest BCUT2D eigenvalue weighted by Crippen LogP contribution is -2.65. The van der Waals surface area contributed by atoms with Gasteiger partial charge in [0.2, 0.25) is 5.70 Å². The Labute approximate surface area is 131 Å². The van der Waals surface area contributed by atoms with Crippen LogP contribution in [-0.4, -0.2) is 41.2 Å². The number of nitro groups is 6. The van der Waals surface area contributed by atoms with Gasteiger partial charge in [-0.05, 0) is 0 Å². The van der Waals surface area contributed by atoms with Crippen molar-refractivity contribution in [1.82, 2.24) is 0 Å². The van der Waals surface area contributed by atoms with Crippen LogP contribution in [0.4, 0.5) is 0 Å². The SMILES string of the molecule is NC1=C([N+](=O)[O-])C([N+](=O)[O-])C([N+](=O)[O-])([N+](=O)[O-])C([N+](=O)[O-])=C1[N+](=O)[O-]. The molecule has 0 fully saturated rings. The molecular formula is C6H3N7O12. The molecule has 19 heteroatoms. The highest BCUT2D eigenvalue weighted by Crippen LogP contribution is 2.40. The second-order valence-corrected chi connectivity index (χ2v) is 4.20. The van der Waals surface area contributed by atoms with Crippen LogP contribution >= 0.6 is 0 Å². The minimum Gasteiger partial charge on any atom is -0.387 e. The van der Waals surface area contributed by atoms with Gasteiger partial charge in [-0.3, -0.25) is 60.7 Å². The Morgan fingerprint density at radius 1 is 0.760 bits per heavy atom. The van der Waals surface area contributed by atoms with Crippen LogP contribution in [-0.2, 0) is 0 Å². The Balaban J connectivity index is 4.35. The summed E-state index contributed by atoms with van der Waals surface area (Å²) in [5.41, 5.74) is -8.15. The lowest BCUT2D eigenvalue weighted by Gasteiger charge is -2.19. The third-order valence-electron chi connectivity index (χ3n) is 3.07. The van der Waals surface area contributed by atoms with Gasteiger partial charge in [0.05, 0.1) is 19.7 Å². The molecular weight excluding hydrogens is 362 g/mol. The summed E-state index contributed by atoms with van der Waals surface area (Å²) in [6.45, 7) is 0. The molecule has 19 nitrogen and oxygen atoms in total. The van der Waals surface area contributed by atoms with Gasteiger partial charge >= 0.3 is 28.8 Å². The molecule has 0 radical (unpaired) electrons. The Hall–Kier alpha value is -4.32. The molecule has 1 rings (SSSR count). The summed E-state index contributed by atoms with van der Waals surface area (Å²) in [7, 11) is 0. The predicted octanol–water partition coefficient (Wildman–Crippen LogP) is -1.89. The van der Waals surface area contributed by atoms with Crippen LogP contribution in [0.1, 0.15) is 0 Å². The van der Waals surface area contributed by atoms with Crippen LogP contribution in [0.2, 0.25) is 0 Å². The van der Waals surface area contributed by atoms with Crippen LogP contribution in [0.3, 0.4) is 0 Å². The molecule has 0 saturated heterocycles. The summed E-state index contributed by atoms with van der Waals surface area (Å²) in [6.07, 6.45) is 0. The van der Waals surface area contributed by atoms with E-state index in [9.17, 15) is 60.7 Å². The summed E-state index contributed by atoms with van der Waals surface area (Å²) in [5, 5.41) is 66.4. The van der Waals surface area contributed by atoms with Gasteiger partial charge in [0, 0.05) is 0 Å². The normalized spacial score (nSPS) is 19.3. The van der Waals surface area contributed by atoms with E-state index in [4.69, 9.17) is 5.73 Å². The molecule has 1 unspecified atom stereocenters. The first-order valence-electron chi connectivity index (χ1n) is 5.43. The molecule has 1 aliphatic carbocycles. The monoisotopic (exact) mass is 365 g/mol. The van der Waals surface area contributed by atoms with Crippen LogP contribution in [0.5, 0.6) is 0 Å². The van der Waals surface area contributed by atoms with E-state index in [0.717, 1.165) is 0 Å². The lowest BCUT2D eigenvalue weighted by atomic mass is 9.87. The van der Waals surface area contributed by atoms with Crippen molar-refractivity contribution in [2.75, 3.05) is 0 Å². The summed E-state index contributed by atoms with van der Waals surface area (Å²) < 4.78 is 0. The molecule has 134 valence electrons. The summed E-state index contributed by atoms with van der Waals surface area (Å²) in [5.74, 6) is 0. The van der Waals surface area contributed by atoms with Gasteiger partial charge in [0.15, 0.2) is 0 Å². The Morgan fingerprint density at radius 2 is 1.20 bits per heavy atom. The van der Waals surface area contributed by atoms with Gasteiger partial charge < -0.3 is 5.73 Å². The maximum Gasteiger partial charge on any atom is 0.629 e. The van der Waals surface area contributed by atoms with Crippen LogP contribution in [0.15, 0.2) is 22.8 Å². The second kappa shape index (κ2) is 5.71. The summed E-state index contributed by atoms with van der Waals surface area (Å²) in [4.78, 5) is 54.6. The zero-order valence-electron chi connectivity index (χ0n) is 11.2. The van der Waals surface area contributed by atoms with Gasteiger partial charge in [-0.15, -0.1) is 0 Å². The molecule has 1 aliphatic rings. The van der Waals surface area contributed by atoms with Crippen molar-refractivity contribution in [2.24, 2.45) is 5.73 Å². The Kier molecular flexibility index (Phi) is 4.28. The van der Waals surface area contributed by atoms with Crippen LogP contribution < -0.4 is 5.73 Å². The molecule has 0 bridgehead atoms. The van der Waals surface area contributed by atoms with Gasteiger partial charge in [-0.25, -0.2) is 0 Å². The first-order valence-corrected chi connectivity index (χ1v) is 5.43. The largest absolute Gasteiger partial charge is 0.629 e. The predicted molar refractivity (Wildman–Crippen MR) is 66.7 cm³/mol. The van der Waals surface area contributed by atoms with Gasteiger partial charge in [-0.1, -0.05) is 0 Å². The number of nitrogens with two attached hydrogens (primary N) is 1. The maximum absolute atomic E-state index is 11.2. The third kappa shape index (κ3) is 2.30. The van der Waals surface area contributed by atoms with E-state index in [0.29, 0.717) is 0 Å². The minimum absolute atomic E-state index is 1.78. The number of nitrogens with zero attached hydrogens (tertiary/aromatic N) is 6. The van der Waals surface area contributed by atoms with E-state index in [2.05, 4.69) is 0 Å². The average Bonchev–Trinajstić information content (AvgIpc) is 2.43. The van der Waals surface area contributed by atoms with E-state index in [1.54, 1.807) is 0 Å². The first-order chi connectivity index (χ1) is 11.3. The highest BCUT2D eigenvalue weighted by Gasteiger charge is 2.88. The molecule has 0 saturated carbocycles. The van der Waals surface area contributed by atoms with Crippen molar-refractivity contribution in [3.05, 3.63) is 83.5 Å². The molecule has 1 atom stereocenters. The number of hydrogen-bond donors (Lipinski definition) is 1. The molecule has 0 aromatic rings.